The molecule has 0 aliphatic carbocycles. The zero-order valence-electron chi connectivity index (χ0n) is 10.6. The molecule has 0 spiro atoms. The Labute approximate surface area is 113 Å². The van der Waals surface area contributed by atoms with Gasteiger partial charge in [0.1, 0.15) is 11.4 Å². The van der Waals surface area contributed by atoms with E-state index in [2.05, 4.69) is 0 Å². The highest BCUT2D eigenvalue weighted by atomic mass is 19.4. The lowest BCUT2D eigenvalue weighted by Gasteiger charge is -2.25. The number of aliphatic hydroxyl groups is 1. The molecule has 2 aromatic carbocycles. The standard InChI is InChI=1S/C15H12F4O/c1-14(20,10-5-3-2-4-6-10)11-7-8-13(16)12(9-11)15(17,18)19/h2-9,20H,1H3. The minimum Gasteiger partial charge on any atom is -0.381 e. The largest absolute Gasteiger partial charge is 0.419 e. The summed E-state index contributed by atoms with van der Waals surface area (Å²) in [4.78, 5) is 0. The van der Waals surface area contributed by atoms with Gasteiger partial charge < -0.3 is 5.11 Å². The summed E-state index contributed by atoms with van der Waals surface area (Å²) in [5.74, 6) is -1.36. The molecule has 0 bridgehead atoms. The Hall–Kier alpha value is -1.88. The minimum absolute atomic E-state index is 0.0163. The molecular weight excluding hydrogens is 272 g/mol. The van der Waals surface area contributed by atoms with Crippen LogP contribution in [-0.4, -0.2) is 5.11 Å². The third-order valence-electron chi connectivity index (χ3n) is 3.17. The summed E-state index contributed by atoms with van der Waals surface area (Å²) in [6.07, 6.45) is -4.80. The summed E-state index contributed by atoms with van der Waals surface area (Å²) in [6.45, 7) is 1.37. The number of hydrogen-bond acceptors (Lipinski definition) is 1. The van der Waals surface area contributed by atoms with Gasteiger partial charge in [-0.1, -0.05) is 36.4 Å². The molecule has 1 nitrogen and oxygen atoms in total. The molecule has 0 amide bonds. The predicted molar refractivity (Wildman–Crippen MR) is 66.5 cm³/mol. The van der Waals surface area contributed by atoms with Gasteiger partial charge in [-0.2, -0.15) is 13.2 Å². The second-order valence-corrected chi connectivity index (χ2v) is 4.63. The van der Waals surface area contributed by atoms with Gasteiger partial charge in [0.2, 0.25) is 0 Å². The summed E-state index contributed by atoms with van der Waals surface area (Å²) < 4.78 is 51.3. The van der Waals surface area contributed by atoms with Crippen LogP contribution in [-0.2, 0) is 11.8 Å². The molecule has 0 aromatic heterocycles. The molecule has 1 N–H and O–H groups in total. The first-order valence-corrected chi connectivity index (χ1v) is 5.88. The lowest BCUT2D eigenvalue weighted by atomic mass is 9.87. The van der Waals surface area contributed by atoms with E-state index in [0.29, 0.717) is 11.6 Å². The Morgan fingerprint density at radius 1 is 0.900 bits per heavy atom. The molecule has 0 fully saturated rings. The van der Waals surface area contributed by atoms with Crippen molar-refractivity contribution in [3.05, 3.63) is 71.0 Å². The fraction of sp³-hybridized carbons (Fsp3) is 0.200. The lowest BCUT2D eigenvalue weighted by Crippen LogP contribution is -2.23. The van der Waals surface area contributed by atoms with Crippen LogP contribution >= 0.6 is 0 Å². The normalized spacial score (nSPS) is 14.9. The number of benzene rings is 2. The number of alkyl halides is 3. The molecule has 0 aliphatic rings. The fourth-order valence-electron chi connectivity index (χ4n) is 1.97. The first-order chi connectivity index (χ1) is 9.23. The summed E-state index contributed by atoms with van der Waals surface area (Å²) in [5.41, 5.74) is -2.60. The average Bonchev–Trinajstić information content (AvgIpc) is 2.38. The van der Waals surface area contributed by atoms with Crippen LogP contribution in [0.4, 0.5) is 17.6 Å². The zero-order chi connectivity index (χ0) is 15.0. The van der Waals surface area contributed by atoms with Crippen molar-refractivity contribution in [2.45, 2.75) is 18.7 Å². The molecule has 0 radical (unpaired) electrons. The Kier molecular flexibility index (Phi) is 3.56. The van der Waals surface area contributed by atoms with E-state index in [1.54, 1.807) is 30.3 Å². The molecule has 0 saturated carbocycles. The van der Waals surface area contributed by atoms with E-state index in [1.807, 2.05) is 0 Å². The van der Waals surface area contributed by atoms with E-state index in [1.165, 1.54) is 6.92 Å². The summed E-state index contributed by atoms with van der Waals surface area (Å²) in [7, 11) is 0. The van der Waals surface area contributed by atoms with E-state index < -0.39 is 23.2 Å². The molecule has 0 heterocycles. The third-order valence-corrected chi connectivity index (χ3v) is 3.17. The maximum atomic E-state index is 13.3. The van der Waals surface area contributed by atoms with Gasteiger partial charge in [0.25, 0.3) is 0 Å². The molecule has 0 aliphatic heterocycles. The molecule has 2 rings (SSSR count). The van der Waals surface area contributed by atoms with Crippen molar-refractivity contribution in [3.63, 3.8) is 0 Å². The van der Waals surface area contributed by atoms with Crippen molar-refractivity contribution in [2.75, 3.05) is 0 Å². The molecule has 106 valence electrons. The van der Waals surface area contributed by atoms with Gasteiger partial charge >= 0.3 is 6.18 Å². The minimum atomic E-state index is -4.80. The van der Waals surface area contributed by atoms with Gasteiger partial charge in [-0.25, -0.2) is 4.39 Å². The SMILES string of the molecule is CC(O)(c1ccccc1)c1ccc(F)c(C(F)(F)F)c1. The topological polar surface area (TPSA) is 20.2 Å². The monoisotopic (exact) mass is 284 g/mol. The van der Waals surface area contributed by atoms with Gasteiger partial charge in [0, 0.05) is 0 Å². The quantitative estimate of drug-likeness (QED) is 0.823. The van der Waals surface area contributed by atoms with E-state index in [-0.39, 0.29) is 5.56 Å². The van der Waals surface area contributed by atoms with E-state index >= 15 is 0 Å². The highest BCUT2D eigenvalue weighted by Crippen LogP contribution is 2.36. The predicted octanol–water partition coefficient (Wildman–Crippen LogP) is 4.10. The highest BCUT2D eigenvalue weighted by Gasteiger charge is 2.36. The van der Waals surface area contributed by atoms with Gasteiger partial charge in [-0.15, -0.1) is 0 Å². The molecular formula is C15H12F4O. The van der Waals surface area contributed by atoms with Crippen LogP contribution in [0.25, 0.3) is 0 Å². The van der Waals surface area contributed by atoms with Crippen molar-refractivity contribution in [1.82, 2.24) is 0 Å². The summed E-state index contributed by atoms with van der Waals surface area (Å²) in [5, 5.41) is 10.4. The highest BCUT2D eigenvalue weighted by molar-refractivity contribution is 5.38. The molecule has 5 heteroatoms. The van der Waals surface area contributed by atoms with Crippen molar-refractivity contribution in [2.24, 2.45) is 0 Å². The van der Waals surface area contributed by atoms with E-state index in [4.69, 9.17) is 0 Å². The van der Waals surface area contributed by atoms with Crippen LogP contribution in [0, 0.1) is 5.82 Å². The van der Waals surface area contributed by atoms with Gasteiger partial charge in [-0.3, -0.25) is 0 Å². The van der Waals surface area contributed by atoms with Crippen molar-refractivity contribution < 1.29 is 22.7 Å². The van der Waals surface area contributed by atoms with Crippen molar-refractivity contribution >= 4 is 0 Å². The average molecular weight is 284 g/mol. The lowest BCUT2D eigenvalue weighted by molar-refractivity contribution is -0.140. The number of hydrogen-bond donors (Lipinski definition) is 1. The number of halogens is 4. The molecule has 1 unspecified atom stereocenters. The fourth-order valence-corrected chi connectivity index (χ4v) is 1.97. The Balaban J connectivity index is 2.54. The molecule has 0 saturated heterocycles. The Morgan fingerprint density at radius 2 is 1.50 bits per heavy atom. The second kappa shape index (κ2) is 4.90. The second-order valence-electron chi connectivity index (χ2n) is 4.63. The maximum Gasteiger partial charge on any atom is 0.419 e. The van der Waals surface area contributed by atoms with Crippen LogP contribution in [0.5, 0.6) is 0 Å². The van der Waals surface area contributed by atoms with Crippen LogP contribution in [0.1, 0.15) is 23.6 Å². The van der Waals surface area contributed by atoms with Crippen LogP contribution < -0.4 is 0 Å². The third kappa shape index (κ3) is 2.67. The van der Waals surface area contributed by atoms with Gasteiger partial charge in [0.05, 0.1) is 5.56 Å². The summed E-state index contributed by atoms with van der Waals surface area (Å²) in [6, 6.07) is 10.8. The van der Waals surface area contributed by atoms with E-state index in [9.17, 15) is 22.7 Å². The van der Waals surface area contributed by atoms with Crippen molar-refractivity contribution in [3.8, 4) is 0 Å². The Bertz CT molecular complexity index is 603. The van der Waals surface area contributed by atoms with E-state index in [0.717, 1.165) is 12.1 Å². The van der Waals surface area contributed by atoms with Crippen molar-refractivity contribution in [1.29, 1.82) is 0 Å². The summed E-state index contributed by atoms with van der Waals surface area (Å²) >= 11 is 0. The first-order valence-electron chi connectivity index (χ1n) is 5.88. The first kappa shape index (κ1) is 14.5. The number of rotatable bonds is 2. The maximum absolute atomic E-state index is 13.3. The van der Waals surface area contributed by atoms with Gasteiger partial charge in [-0.05, 0) is 30.2 Å². The van der Waals surface area contributed by atoms with Crippen LogP contribution in [0.15, 0.2) is 48.5 Å². The zero-order valence-corrected chi connectivity index (χ0v) is 10.6. The van der Waals surface area contributed by atoms with Crippen LogP contribution in [0.2, 0.25) is 0 Å². The Morgan fingerprint density at radius 3 is 2.05 bits per heavy atom. The molecule has 1 atom stereocenters. The van der Waals surface area contributed by atoms with Crippen LogP contribution in [0.3, 0.4) is 0 Å². The molecule has 20 heavy (non-hydrogen) atoms. The molecule has 2 aromatic rings. The van der Waals surface area contributed by atoms with Gasteiger partial charge in [0.15, 0.2) is 0 Å². The smallest absolute Gasteiger partial charge is 0.381 e.